The third kappa shape index (κ3) is 3.70. The van der Waals surface area contributed by atoms with Crippen molar-refractivity contribution in [2.45, 2.75) is 26.7 Å². The van der Waals surface area contributed by atoms with Crippen LogP contribution < -0.4 is 6.54 Å². The van der Waals surface area contributed by atoms with E-state index in [0.29, 0.717) is 0 Å². The molecule has 0 N–H and O–H groups in total. The number of hydrogen-bond acceptors (Lipinski definition) is 0. The molecule has 8 rings (SSSR count). The Kier molecular flexibility index (Phi) is 6.50. The van der Waals surface area contributed by atoms with Gasteiger partial charge in [0.2, 0.25) is 0 Å². The van der Waals surface area contributed by atoms with Crippen molar-refractivity contribution in [3.63, 3.8) is 0 Å². The molecule has 0 saturated carbocycles. The predicted octanol–water partition coefficient (Wildman–Crippen LogP) is 7.31. The second kappa shape index (κ2) is 9.51. The molecule has 2 aliphatic carbocycles. The molecule has 0 fully saturated rings. The molecule has 5 heteroatoms. The van der Waals surface area contributed by atoms with Crippen LogP contribution >= 0.6 is 24.8 Å². The van der Waals surface area contributed by atoms with Crippen molar-refractivity contribution in [1.82, 2.24) is 9.13 Å². The van der Waals surface area contributed by atoms with Gasteiger partial charge in [0.25, 0.3) is 0 Å². The fraction of sp³-hybridized carbons (Fsp3) is 0.176. The summed E-state index contributed by atoms with van der Waals surface area (Å²) >= 11 is -0.987. The van der Waals surface area contributed by atoms with E-state index in [1.165, 1.54) is 66.6 Å². The van der Waals surface area contributed by atoms with Gasteiger partial charge in [-0.15, -0.1) is 24.8 Å². The van der Waals surface area contributed by atoms with Crippen LogP contribution in [0, 0.1) is 13.8 Å². The Bertz CT molecular complexity index is 1820. The zero-order valence-electron chi connectivity index (χ0n) is 22.6. The molecule has 0 radical (unpaired) electrons. The maximum absolute atomic E-state index is 2.44. The molecule has 0 aliphatic heterocycles. The minimum atomic E-state index is -0.987. The number of halogens is 2. The van der Waals surface area contributed by atoms with E-state index in [1.54, 1.807) is 17.7 Å². The quantitative estimate of drug-likeness (QED) is 0.190. The molecule has 0 bridgehead atoms. The van der Waals surface area contributed by atoms with Gasteiger partial charge in [-0.2, -0.15) is 0 Å². The van der Waals surface area contributed by atoms with Crippen LogP contribution in [-0.4, -0.2) is 9.13 Å². The Hall–Kier alpha value is -2.58. The van der Waals surface area contributed by atoms with Crippen molar-refractivity contribution < 1.29 is 23.2 Å². The fourth-order valence-corrected chi connectivity index (χ4v) is 10.5. The summed E-state index contributed by atoms with van der Waals surface area (Å²) in [4.78, 5) is 0. The first-order valence-electron chi connectivity index (χ1n) is 13.2. The minimum absolute atomic E-state index is 0. The first-order chi connectivity index (χ1) is 18.0. The zero-order valence-corrected chi connectivity index (χ0v) is 26.6. The van der Waals surface area contributed by atoms with Gasteiger partial charge in [-0.3, -0.25) is 0 Å². The van der Waals surface area contributed by atoms with Crippen LogP contribution in [0.1, 0.15) is 33.4 Å². The Labute approximate surface area is 253 Å². The fourth-order valence-electron chi connectivity index (χ4n) is 7.04. The molecule has 0 unspecified atom stereocenters. The second-order valence-corrected chi connectivity index (χ2v) is 14.2. The second-order valence-electron chi connectivity index (χ2n) is 11.0. The number of rotatable bonds is 2. The van der Waals surface area contributed by atoms with Gasteiger partial charge in [0.05, 0.1) is 0 Å². The van der Waals surface area contributed by atoms with Gasteiger partial charge < -0.3 is 0 Å². The largest absolute Gasteiger partial charge is 0.147 e. The van der Waals surface area contributed by atoms with Gasteiger partial charge in [-0.25, -0.2) is 0 Å². The summed E-state index contributed by atoms with van der Waals surface area (Å²) in [5, 5.41) is 2.87. The SMILES string of the molecule is Cc1ccc2c(c1)c1c(n2C)-c2ccc[c]([Zr][c]3cccc4c3Cc3c-4n(C)c4ccc(C)cc34)c2C1.Cl.Cl. The van der Waals surface area contributed by atoms with E-state index in [1.807, 2.05) is 0 Å². The topological polar surface area (TPSA) is 9.86 Å². The Balaban J connectivity index is 0.00000138. The molecule has 0 atom stereocenters. The number of aromatic nitrogens is 2. The van der Waals surface area contributed by atoms with E-state index < -0.39 is 23.2 Å². The molecule has 0 saturated heterocycles. The van der Waals surface area contributed by atoms with Crippen LogP contribution in [-0.2, 0) is 50.2 Å². The average Bonchev–Trinajstić information content (AvgIpc) is 3.60. The maximum atomic E-state index is 2.44. The van der Waals surface area contributed by atoms with Crippen molar-refractivity contribution in [3.8, 4) is 22.5 Å². The van der Waals surface area contributed by atoms with Crippen LogP contribution in [0.2, 0.25) is 0 Å². The van der Waals surface area contributed by atoms with Crippen molar-refractivity contribution in [3.05, 3.63) is 106 Å². The number of aryl methyl sites for hydroxylation is 4. The number of hydrogen-bond donors (Lipinski definition) is 0. The van der Waals surface area contributed by atoms with E-state index >= 15 is 0 Å². The van der Waals surface area contributed by atoms with Crippen LogP contribution in [0.3, 0.4) is 0 Å². The zero-order chi connectivity index (χ0) is 25.0. The van der Waals surface area contributed by atoms with Gasteiger partial charge in [0, 0.05) is 0 Å². The van der Waals surface area contributed by atoms with Crippen LogP contribution in [0.4, 0.5) is 0 Å². The molecule has 0 spiro atoms. The van der Waals surface area contributed by atoms with Gasteiger partial charge in [-0.05, 0) is 0 Å². The molecule has 194 valence electrons. The van der Waals surface area contributed by atoms with Crippen molar-refractivity contribution in [2.75, 3.05) is 0 Å². The van der Waals surface area contributed by atoms with E-state index in [-0.39, 0.29) is 24.8 Å². The molecule has 2 aromatic heterocycles. The first kappa shape index (κ1) is 26.6. The van der Waals surface area contributed by atoms with Crippen LogP contribution in [0.25, 0.3) is 44.3 Å². The molecule has 39 heavy (non-hydrogen) atoms. The van der Waals surface area contributed by atoms with Crippen molar-refractivity contribution in [1.29, 1.82) is 0 Å². The van der Waals surface area contributed by atoms with E-state index in [9.17, 15) is 0 Å². The summed E-state index contributed by atoms with van der Waals surface area (Å²) < 4.78 is 8.13. The Morgan fingerprint density at radius 2 is 1.00 bits per heavy atom. The average molecular weight is 629 g/mol. The van der Waals surface area contributed by atoms with Gasteiger partial charge in [-0.1, -0.05) is 0 Å². The monoisotopic (exact) mass is 626 g/mol. The van der Waals surface area contributed by atoms with Gasteiger partial charge >= 0.3 is 230 Å². The summed E-state index contributed by atoms with van der Waals surface area (Å²) in [5.41, 5.74) is 17.4. The standard InChI is InChI=1S/2C17H14N.2ClH.Zr/c2*1-11-7-8-16-14(9-11)15-10-12-5-3-4-6-13(12)17(15)18(16)2;;;/h2*3-4,6-9H,10H2,1-2H3;2*1H;. The molecular weight excluding hydrogens is 599 g/mol. The van der Waals surface area contributed by atoms with Gasteiger partial charge in [0.15, 0.2) is 0 Å². The summed E-state index contributed by atoms with van der Waals surface area (Å²) in [6, 6.07) is 28.0. The van der Waals surface area contributed by atoms with Crippen molar-refractivity contribution in [2.24, 2.45) is 14.1 Å². The smallest absolute Gasteiger partial charge is 0.147 e. The molecule has 2 nitrogen and oxygen atoms in total. The summed E-state index contributed by atoms with van der Waals surface area (Å²) in [7, 11) is 4.48. The normalized spacial score (nSPS) is 12.5. The molecular formula is C34H30Cl2N2Zr. The Morgan fingerprint density at radius 3 is 1.44 bits per heavy atom. The summed E-state index contributed by atoms with van der Waals surface area (Å²) in [6.45, 7) is 4.42. The molecule has 2 aliphatic rings. The molecule has 0 amide bonds. The number of nitrogens with zero attached hydrogens (tertiary/aromatic N) is 2. The maximum Gasteiger partial charge on any atom is -0.147 e. The third-order valence-corrected chi connectivity index (χ3v) is 12.4. The molecule has 4 aromatic carbocycles. The van der Waals surface area contributed by atoms with Crippen molar-refractivity contribution >= 4 is 53.2 Å². The summed E-state index contributed by atoms with van der Waals surface area (Å²) in [5.74, 6) is 0. The van der Waals surface area contributed by atoms with Crippen LogP contribution in [0.15, 0.2) is 72.8 Å². The molecule has 2 heterocycles. The third-order valence-electron chi connectivity index (χ3n) is 8.76. The van der Waals surface area contributed by atoms with E-state index in [2.05, 4.69) is 110 Å². The van der Waals surface area contributed by atoms with Gasteiger partial charge in [0.1, 0.15) is 0 Å². The predicted molar refractivity (Wildman–Crippen MR) is 166 cm³/mol. The number of fused-ring (bicyclic) bond motifs is 10. The first-order valence-corrected chi connectivity index (χ1v) is 15.6. The Morgan fingerprint density at radius 1 is 0.564 bits per heavy atom. The minimum Gasteiger partial charge on any atom is -0.147 e. The van der Waals surface area contributed by atoms with Crippen LogP contribution in [0.5, 0.6) is 0 Å². The molecule has 6 aromatic rings. The van der Waals surface area contributed by atoms with E-state index in [4.69, 9.17) is 0 Å². The number of benzene rings is 4. The summed E-state index contributed by atoms with van der Waals surface area (Å²) in [6.07, 6.45) is 2.14. The van der Waals surface area contributed by atoms with E-state index in [0.717, 1.165) is 12.8 Å².